The van der Waals surface area contributed by atoms with Gasteiger partial charge < -0.3 is 9.80 Å². The molecule has 0 spiro atoms. The third kappa shape index (κ3) is 4.37. The van der Waals surface area contributed by atoms with Crippen LogP contribution in [0.4, 0.5) is 11.4 Å². The molecule has 2 fully saturated rings. The molecular formula is C18H30N4O. The van der Waals surface area contributed by atoms with Crippen molar-refractivity contribution >= 4 is 11.4 Å². The highest BCUT2D eigenvalue weighted by atomic mass is 16.6. The van der Waals surface area contributed by atoms with Gasteiger partial charge in [0.2, 0.25) is 0 Å². The SMILES string of the molecule is CCONc1ccc(N2CCC(N3CCN(C)CC3)CC2)cc1. The van der Waals surface area contributed by atoms with E-state index in [1.165, 1.54) is 44.7 Å². The van der Waals surface area contributed by atoms with Crippen molar-refractivity contribution in [2.45, 2.75) is 25.8 Å². The number of rotatable bonds is 5. The highest BCUT2D eigenvalue weighted by Crippen LogP contribution is 2.24. The second kappa shape index (κ2) is 7.99. The Morgan fingerprint density at radius 1 is 1.00 bits per heavy atom. The zero-order valence-corrected chi connectivity index (χ0v) is 14.5. The van der Waals surface area contributed by atoms with Gasteiger partial charge in [-0.25, -0.2) is 0 Å². The summed E-state index contributed by atoms with van der Waals surface area (Å²) in [6.07, 6.45) is 2.56. The topological polar surface area (TPSA) is 31.0 Å². The first kappa shape index (κ1) is 16.6. The number of hydrogen-bond donors (Lipinski definition) is 1. The van der Waals surface area contributed by atoms with Gasteiger partial charge in [-0.1, -0.05) is 0 Å². The summed E-state index contributed by atoms with van der Waals surface area (Å²) >= 11 is 0. The molecular weight excluding hydrogens is 288 g/mol. The minimum absolute atomic E-state index is 0.668. The normalized spacial score (nSPS) is 21.6. The molecule has 0 amide bonds. The van der Waals surface area contributed by atoms with E-state index in [2.05, 4.69) is 51.5 Å². The van der Waals surface area contributed by atoms with Crippen LogP contribution >= 0.6 is 0 Å². The lowest BCUT2D eigenvalue weighted by Crippen LogP contribution is -2.52. The summed E-state index contributed by atoms with van der Waals surface area (Å²) in [5.41, 5.74) is 5.29. The third-order valence-electron chi connectivity index (χ3n) is 5.09. The van der Waals surface area contributed by atoms with Crippen LogP contribution in [0.15, 0.2) is 24.3 Å². The molecule has 0 atom stereocenters. The molecule has 5 heteroatoms. The van der Waals surface area contributed by atoms with Crippen molar-refractivity contribution < 1.29 is 4.84 Å². The zero-order valence-electron chi connectivity index (χ0n) is 14.5. The molecule has 5 nitrogen and oxygen atoms in total. The summed E-state index contributed by atoms with van der Waals surface area (Å²) in [5, 5.41) is 0. The fraction of sp³-hybridized carbons (Fsp3) is 0.667. The molecule has 3 rings (SSSR count). The van der Waals surface area contributed by atoms with Gasteiger partial charge in [-0.05, 0) is 51.1 Å². The minimum atomic E-state index is 0.668. The van der Waals surface area contributed by atoms with E-state index in [1.54, 1.807) is 0 Å². The lowest BCUT2D eigenvalue weighted by atomic mass is 10.0. The van der Waals surface area contributed by atoms with Crippen LogP contribution < -0.4 is 10.4 Å². The summed E-state index contributed by atoms with van der Waals surface area (Å²) < 4.78 is 0. The molecule has 0 saturated carbocycles. The molecule has 0 bridgehead atoms. The van der Waals surface area contributed by atoms with E-state index in [1.807, 2.05) is 6.92 Å². The van der Waals surface area contributed by atoms with Crippen molar-refractivity contribution in [1.82, 2.24) is 9.80 Å². The van der Waals surface area contributed by atoms with E-state index in [0.29, 0.717) is 6.61 Å². The summed E-state index contributed by atoms with van der Waals surface area (Å²) in [6, 6.07) is 9.35. The van der Waals surface area contributed by atoms with Crippen LogP contribution in [0.3, 0.4) is 0 Å². The largest absolute Gasteiger partial charge is 0.371 e. The second-order valence-corrected chi connectivity index (χ2v) is 6.64. The predicted molar refractivity (Wildman–Crippen MR) is 96.0 cm³/mol. The Bertz CT molecular complexity index is 462. The van der Waals surface area contributed by atoms with E-state index in [0.717, 1.165) is 24.8 Å². The fourth-order valence-corrected chi connectivity index (χ4v) is 3.57. The first-order valence-corrected chi connectivity index (χ1v) is 8.91. The van der Waals surface area contributed by atoms with Crippen LogP contribution in [-0.2, 0) is 4.84 Å². The van der Waals surface area contributed by atoms with Crippen molar-refractivity contribution in [2.24, 2.45) is 0 Å². The smallest absolute Gasteiger partial charge is 0.0717 e. The van der Waals surface area contributed by atoms with Crippen molar-refractivity contribution in [2.75, 3.05) is 63.3 Å². The Hall–Kier alpha value is -1.30. The fourth-order valence-electron chi connectivity index (χ4n) is 3.57. The number of hydrogen-bond acceptors (Lipinski definition) is 5. The molecule has 0 aromatic heterocycles. The molecule has 2 heterocycles. The third-order valence-corrected chi connectivity index (χ3v) is 5.09. The molecule has 0 radical (unpaired) electrons. The van der Waals surface area contributed by atoms with E-state index in [9.17, 15) is 0 Å². The summed E-state index contributed by atoms with van der Waals surface area (Å²) in [4.78, 5) is 12.9. The lowest BCUT2D eigenvalue weighted by molar-refractivity contribution is 0.0982. The average Bonchev–Trinajstić information content (AvgIpc) is 2.61. The molecule has 0 unspecified atom stereocenters. The molecule has 1 aromatic carbocycles. The zero-order chi connectivity index (χ0) is 16.1. The number of nitrogens with zero attached hydrogens (tertiary/aromatic N) is 3. The van der Waals surface area contributed by atoms with Gasteiger partial charge in [0.05, 0.1) is 12.3 Å². The highest BCUT2D eigenvalue weighted by Gasteiger charge is 2.26. The first-order valence-electron chi connectivity index (χ1n) is 8.91. The number of piperazine rings is 1. The summed E-state index contributed by atoms with van der Waals surface area (Å²) in [5.74, 6) is 0. The maximum atomic E-state index is 5.22. The maximum absolute atomic E-state index is 5.22. The van der Waals surface area contributed by atoms with Gasteiger partial charge >= 0.3 is 0 Å². The Kier molecular flexibility index (Phi) is 5.75. The second-order valence-electron chi connectivity index (χ2n) is 6.64. The van der Waals surface area contributed by atoms with Crippen molar-refractivity contribution in [3.05, 3.63) is 24.3 Å². The molecule has 0 aliphatic carbocycles. The van der Waals surface area contributed by atoms with Crippen molar-refractivity contribution in [3.8, 4) is 0 Å². The molecule has 128 valence electrons. The monoisotopic (exact) mass is 318 g/mol. The quantitative estimate of drug-likeness (QED) is 0.842. The van der Waals surface area contributed by atoms with Gasteiger partial charge in [-0.3, -0.25) is 15.2 Å². The number of anilines is 2. The lowest BCUT2D eigenvalue weighted by Gasteiger charge is -2.42. The Balaban J connectivity index is 1.48. The summed E-state index contributed by atoms with van der Waals surface area (Å²) in [7, 11) is 2.23. The Morgan fingerprint density at radius 3 is 2.26 bits per heavy atom. The molecule has 2 aliphatic rings. The first-order chi connectivity index (χ1) is 11.3. The average molecular weight is 318 g/mol. The molecule has 1 N–H and O–H groups in total. The number of nitrogens with one attached hydrogen (secondary N) is 1. The van der Waals surface area contributed by atoms with Gasteiger partial charge in [0.25, 0.3) is 0 Å². The van der Waals surface area contributed by atoms with Gasteiger partial charge in [0, 0.05) is 51.0 Å². The van der Waals surface area contributed by atoms with Crippen LogP contribution in [0.2, 0.25) is 0 Å². The molecule has 1 aromatic rings. The van der Waals surface area contributed by atoms with Gasteiger partial charge in [-0.15, -0.1) is 0 Å². The Morgan fingerprint density at radius 2 is 1.65 bits per heavy atom. The van der Waals surface area contributed by atoms with Gasteiger partial charge in [0.1, 0.15) is 0 Å². The van der Waals surface area contributed by atoms with Crippen molar-refractivity contribution in [1.29, 1.82) is 0 Å². The Labute approximate surface area is 140 Å². The predicted octanol–water partition coefficient (Wildman–Crippen LogP) is 2.27. The van der Waals surface area contributed by atoms with Gasteiger partial charge in [0.15, 0.2) is 0 Å². The van der Waals surface area contributed by atoms with E-state index in [-0.39, 0.29) is 0 Å². The highest BCUT2D eigenvalue weighted by molar-refractivity contribution is 5.54. The molecule has 2 saturated heterocycles. The molecule has 23 heavy (non-hydrogen) atoms. The van der Waals surface area contributed by atoms with E-state index >= 15 is 0 Å². The summed E-state index contributed by atoms with van der Waals surface area (Å²) in [6.45, 7) is 9.87. The molecule has 2 aliphatic heterocycles. The number of benzene rings is 1. The van der Waals surface area contributed by atoms with E-state index in [4.69, 9.17) is 4.84 Å². The number of likely N-dealkylation sites (N-methyl/N-ethyl adjacent to an activating group) is 1. The minimum Gasteiger partial charge on any atom is -0.371 e. The van der Waals surface area contributed by atoms with Crippen LogP contribution in [0.25, 0.3) is 0 Å². The van der Waals surface area contributed by atoms with E-state index < -0.39 is 0 Å². The van der Waals surface area contributed by atoms with Gasteiger partial charge in [-0.2, -0.15) is 0 Å². The number of piperidine rings is 1. The van der Waals surface area contributed by atoms with Crippen molar-refractivity contribution in [3.63, 3.8) is 0 Å². The standard InChI is InChI=1S/C18H30N4O/c1-3-23-19-16-4-6-17(7-5-16)21-10-8-18(9-11-21)22-14-12-20(2)13-15-22/h4-7,18-19H,3,8-15H2,1-2H3. The van der Waals surface area contributed by atoms with Crippen LogP contribution in [0, 0.1) is 0 Å². The van der Waals surface area contributed by atoms with Crippen LogP contribution in [-0.4, -0.2) is 68.8 Å². The van der Waals surface area contributed by atoms with Crippen LogP contribution in [0.5, 0.6) is 0 Å². The van der Waals surface area contributed by atoms with Crippen LogP contribution in [0.1, 0.15) is 19.8 Å². The maximum Gasteiger partial charge on any atom is 0.0717 e.